The van der Waals surface area contributed by atoms with Gasteiger partial charge in [0.15, 0.2) is 0 Å². The summed E-state index contributed by atoms with van der Waals surface area (Å²) in [6.45, 7) is 5.77. The fourth-order valence-electron chi connectivity index (χ4n) is 4.82. The van der Waals surface area contributed by atoms with Crippen LogP contribution in [0.2, 0.25) is 0 Å². The van der Waals surface area contributed by atoms with Crippen molar-refractivity contribution >= 4 is 17.6 Å². The first-order valence-electron chi connectivity index (χ1n) is 12.4. The number of carboxylic acids is 1. The Kier molecular flexibility index (Phi) is 7.29. The summed E-state index contributed by atoms with van der Waals surface area (Å²) in [4.78, 5) is 31.0. The number of ether oxygens (including phenoxy) is 1. The number of carboxylic acid groups (broad SMARTS) is 1. The molecule has 0 atom stereocenters. The standard InChI is InChI=1S/C27H31F3N2O4/c1-15(2)32(25(33)18-6-4-16(3)5-7-18)23-11-10-20(13-21(23)26(34)35)36-24-22(27(28,29)30)12-19(14-31-24)17-8-9-17/h10-18H,4-9H2,1-3H3,(H,34,35). The summed E-state index contributed by atoms with van der Waals surface area (Å²) < 4.78 is 46.6. The molecule has 1 aromatic heterocycles. The van der Waals surface area contributed by atoms with Gasteiger partial charge in [-0.25, -0.2) is 9.78 Å². The SMILES string of the molecule is CC1CCC(C(=O)N(c2ccc(Oc3ncc(C4CC4)cc3C(F)(F)F)cc2C(=O)O)C(C)C)CC1. The van der Waals surface area contributed by atoms with Gasteiger partial charge >= 0.3 is 12.1 Å². The van der Waals surface area contributed by atoms with Gasteiger partial charge in [-0.1, -0.05) is 6.92 Å². The lowest BCUT2D eigenvalue weighted by Crippen LogP contribution is -2.42. The van der Waals surface area contributed by atoms with E-state index in [1.807, 2.05) is 0 Å². The zero-order valence-electron chi connectivity index (χ0n) is 20.6. The molecule has 6 nitrogen and oxygen atoms in total. The number of hydrogen-bond donors (Lipinski definition) is 1. The van der Waals surface area contributed by atoms with Crippen molar-refractivity contribution in [2.75, 3.05) is 4.90 Å². The van der Waals surface area contributed by atoms with Crippen LogP contribution in [0.4, 0.5) is 18.9 Å². The minimum Gasteiger partial charge on any atom is -0.478 e. The van der Waals surface area contributed by atoms with Crippen LogP contribution in [-0.4, -0.2) is 28.0 Å². The number of benzene rings is 1. The molecule has 1 aromatic carbocycles. The van der Waals surface area contributed by atoms with Gasteiger partial charge in [0.05, 0.1) is 11.3 Å². The van der Waals surface area contributed by atoms with E-state index in [0.29, 0.717) is 11.5 Å². The Morgan fingerprint density at radius 2 is 1.75 bits per heavy atom. The Bertz CT molecular complexity index is 1140. The van der Waals surface area contributed by atoms with E-state index in [1.54, 1.807) is 13.8 Å². The van der Waals surface area contributed by atoms with Crippen LogP contribution in [0.3, 0.4) is 0 Å². The van der Waals surface area contributed by atoms with E-state index in [4.69, 9.17) is 4.74 Å². The number of nitrogens with zero attached hydrogens (tertiary/aromatic N) is 2. The predicted octanol–water partition coefficient (Wildman–Crippen LogP) is 7.04. The second-order valence-electron chi connectivity index (χ2n) is 10.2. The molecular formula is C27H31F3N2O4. The van der Waals surface area contributed by atoms with Crippen LogP contribution in [0.15, 0.2) is 30.5 Å². The second-order valence-corrected chi connectivity index (χ2v) is 10.2. The van der Waals surface area contributed by atoms with Gasteiger partial charge in [-0.2, -0.15) is 13.2 Å². The van der Waals surface area contributed by atoms with Gasteiger partial charge in [-0.3, -0.25) is 4.79 Å². The van der Waals surface area contributed by atoms with Gasteiger partial charge in [-0.05, 0) is 94.0 Å². The average Bonchev–Trinajstić information content (AvgIpc) is 3.65. The van der Waals surface area contributed by atoms with Crippen LogP contribution in [-0.2, 0) is 11.0 Å². The number of rotatable bonds is 7. The van der Waals surface area contributed by atoms with Crippen LogP contribution in [0.25, 0.3) is 0 Å². The normalized spacial score (nSPS) is 20.3. The Morgan fingerprint density at radius 3 is 2.31 bits per heavy atom. The average molecular weight is 505 g/mol. The van der Waals surface area contributed by atoms with Gasteiger partial charge in [0.1, 0.15) is 11.3 Å². The molecule has 0 radical (unpaired) electrons. The Balaban J connectivity index is 1.66. The maximum Gasteiger partial charge on any atom is 0.421 e. The molecule has 0 bridgehead atoms. The molecule has 1 heterocycles. The molecule has 9 heteroatoms. The van der Waals surface area contributed by atoms with Crippen molar-refractivity contribution in [2.45, 2.75) is 77.4 Å². The highest BCUT2D eigenvalue weighted by Gasteiger charge is 2.38. The van der Waals surface area contributed by atoms with E-state index in [-0.39, 0.29) is 40.8 Å². The van der Waals surface area contributed by atoms with E-state index >= 15 is 0 Å². The van der Waals surface area contributed by atoms with Crippen LogP contribution in [0.1, 0.15) is 86.7 Å². The minimum atomic E-state index is -4.68. The first-order chi connectivity index (χ1) is 17.0. The number of hydrogen-bond acceptors (Lipinski definition) is 4. The molecule has 2 aliphatic carbocycles. The first kappa shape index (κ1) is 26.0. The van der Waals surface area contributed by atoms with Crippen molar-refractivity contribution in [3.8, 4) is 11.6 Å². The highest BCUT2D eigenvalue weighted by molar-refractivity contribution is 6.03. The number of amides is 1. The zero-order valence-corrected chi connectivity index (χ0v) is 20.6. The molecule has 0 spiro atoms. The molecule has 2 fully saturated rings. The maximum atomic E-state index is 13.7. The third-order valence-electron chi connectivity index (χ3n) is 7.02. The smallest absolute Gasteiger partial charge is 0.421 e. The van der Waals surface area contributed by atoms with Gasteiger partial charge in [0, 0.05) is 18.2 Å². The topological polar surface area (TPSA) is 79.7 Å². The molecule has 36 heavy (non-hydrogen) atoms. The first-order valence-corrected chi connectivity index (χ1v) is 12.4. The van der Waals surface area contributed by atoms with E-state index in [0.717, 1.165) is 50.7 Å². The summed E-state index contributed by atoms with van der Waals surface area (Å²) in [5.41, 5.74) is -0.513. The van der Waals surface area contributed by atoms with Crippen LogP contribution in [0, 0.1) is 11.8 Å². The number of anilines is 1. The van der Waals surface area contributed by atoms with Gasteiger partial charge < -0.3 is 14.7 Å². The number of halogens is 3. The Hall–Kier alpha value is -3.10. The summed E-state index contributed by atoms with van der Waals surface area (Å²) in [6, 6.07) is 4.70. The predicted molar refractivity (Wildman–Crippen MR) is 128 cm³/mol. The molecule has 2 saturated carbocycles. The van der Waals surface area contributed by atoms with E-state index in [2.05, 4.69) is 11.9 Å². The Labute approximate surface area is 208 Å². The monoisotopic (exact) mass is 504 g/mol. The van der Waals surface area contributed by atoms with Crippen LogP contribution in [0.5, 0.6) is 11.6 Å². The highest BCUT2D eigenvalue weighted by Crippen LogP contribution is 2.44. The van der Waals surface area contributed by atoms with Crippen molar-refractivity contribution in [3.05, 3.63) is 47.2 Å². The van der Waals surface area contributed by atoms with E-state index in [1.165, 1.54) is 23.2 Å². The lowest BCUT2D eigenvalue weighted by molar-refractivity contribution is -0.139. The molecule has 2 aromatic rings. The van der Waals surface area contributed by atoms with Crippen molar-refractivity contribution in [1.29, 1.82) is 0 Å². The minimum absolute atomic E-state index is 0.0810. The number of aromatic carboxylic acids is 1. The van der Waals surface area contributed by atoms with Gasteiger partial charge in [0.2, 0.25) is 11.8 Å². The number of alkyl halides is 3. The van der Waals surface area contributed by atoms with E-state index in [9.17, 15) is 27.9 Å². The summed E-state index contributed by atoms with van der Waals surface area (Å²) >= 11 is 0. The lowest BCUT2D eigenvalue weighted by Gasteiger charge is -2.34. The highest BCUT2D eigenvalue weighted by atomic mass is 19.4. The molecule has 194 valence electrons. The Morgan fingerprint density at radius 1 is 1.08 bits per heavy atom. The summed E-state index contributed by atoms with van der Waals surface area (Å²) in [5.74, 6) is -1.73. The number of carbonyl (C=O) groups is 2. The number of carbonyl (C=O) groups excluding carboxylic acids is 1. The molecule has 0 saturated heterocycles. The van der Waals surface area contributed by atoms with Crippen molar-refractivity contribution in [2.24, 2.45) is 11.8 Å². The lowest BCUT2D eigenvalue weighted by atomic mass is 9.82. The second kappa shape index (κ2) is 10.1. The van der Waals surface area contributed by atoms with Crippen molar-refractivity contribution in [1.82, 2.24) is 4.98 Å². The van der Waals surface area contributed by atoms with Gasteiger partial charge in [0.25, 0.3) is 0 Å². The summed E-state index contributed by atoms with van der Waals surface area (Å²) in [5, 5.41) is 9.91. The largest absolute Gasteiger partial charge is 0.478 e. The fraction of sp³-hybridized carbons (Fsp3) is 0.519. The van der Waals surface area contributed by atoms with Crippen LogP contribution < -0.4 is 9.64 Å². The molecule has 0 aliphatic heterocycles. The molecule has 2 aliphatic rings. The molecular weight excluding hydrogens is 473 g/mol. The third kappa shape index (κ3) is 5.65. The molecule has 1 amide bonds. The quantitative estimate of drug-likeness (QED) is 0.438. The molecule has 0 unspecified atom stereocenters. The zero-order chi connectivity index (χ0) is 26.2. The molecule has 4 rings (SSSR count). The van der Waals surface area contributed by atoms with Gasteiger partial charge in [-0.15, -0.1) is 0 Å². The van der Waals surface area contributed by atoms with E-state index < -0.39 is 23.6 Å². The van der Waals surface area contributed by atoms with Crippen molar-refractivity contribution < 1.29 is 32.6 Å². The fourth-order valence-corrected chi connectivity index (χ4v) is 4.82. The summed E-state index contributed by atoms with van der Waals surface area (Å²) in [6.07, 6.45) is 1.72. The third-order valence-corrected chi connectivity index (χ3v) is 7.02. The van der Waals surface area contributed by atoms with Crippen LogP contribution >= 0.6 is 0 Å². The number of pyridine rings is 1. The van der Waals surface area contributed by atoms with Crippen molar-refractivity contribution in [3.63, 3.8) is 0 Å². The maximum absolute atomic E-state index is 13.7. The molecule has 1 N–H and O–H groups in total. The number of aromatic nitrogens is 1. The summed E-state index contributed by atoms with van der Waals surface area (Å²) in [7, 11) is 0.